The molecule has 3 aromatic rings. The molecule has 1 N–H and O–H groups in total. The van der Waals surface area contributed by atoms with E-state index in [0.29, 0.717) is 5.75 Å². The van der Waals surface area contributed by atoms with Crippen molar-refractivity contribution < 1.29 is 22.7 Å². The predicted molar refractivity (Wildman–Crippen MR) is 156 cm³/mol. The molecule has 0 aliphatic rings. The van der Waals surface area contributed by atoms with E-state index in [2.05, 4.69) is 21.2 Å². The largest absolute Gasteiger partial charge is 0.497 e. The SMILES string of the molecule is COc1cccc(N(CC(=O)N(Cc2cccc(Br)c2)C(C)C(=O)NC(C)(C)C)S(=O)(=O)c2ccccc2)c1. The van der Waals surface area contributed by atoms with E-state index < -0.39 is 34.1 Å². The molecule has 2 amide bonds. The lowest BCUT2D eigenvalue weighted by Gasteiger charge is -2.33. The highest BCUT2D eigenvalue weighted by molar-refractivity contribution is 9.10. The molecule has 1 unspecified atom stereocenters. The number of carbonyl (C=O) groups excluding carboxylic acids is 2. The summed E-state index contributed by atoms with van der Waals surface area (Å²) >= 11 is 3.45. The normalized spacial score (nSPS) is 12.4. The Morgan fingerprint density at radius 2 is 1.64 bits per heavy atom. The Bertz CT molecular complexity index is 1410. The Labute approximate surface area is 239 Å². The molecule has 0 aliphatic heterocycles. The van der Waals surface area contributed by atoms with Crippen LogP contribution in [-0.2, 0) is 26.2 Å². The highest BCUT2D eigenvalue weighted by Gasteiger charge is 2.33. The third-order valence-electron chi connectivity index (χ3n) is 5.86. The summed E-state index contributed by atoms with van der Waals surface area (Å²) in [5.41, 5.74) is 0.534. The number of carbonyl (C=O) groups is 2. The summed E-state index contributed by atoms with van der Waals surface area (Å²) in [6.45, 7) is 6.79. The fourth-order valence-electron chi connectivity index (χ4n) is 3.90. The van der Waals surface area contributed by atoms with Crippen molar-refractivity contribution in [1.82, 2.24) is 10.2 Å². The molecule has 0 radical (unpaired) electrons. The minimum atomic E-state index is -4.14. The fraction of sp³-hybridized carbons (Fsp3) is 0.310. The van der Waals surface area contributed by atoms with Crippen LogP contribution in [0.3, 0.4) is 0 Å². The van der Waals surface area contributed by atoms with Crippen LogP contribution in [0.1, 0.15) is 33.3 Å². The molecule has 0 heterocycles. The molecule has 0 bridgehead atoms. The maximum Gasteiger partial charge on any atom is 0.264 e. The third-order valence-corrected chi connectivity index (χ3v) is 8.14. The zero-order valence-corrected chi connectivity index (χ0v) is 25.1. The van der Waals surface area contributed by atoms with Gasteiger partial charge in [-0.25, -0.2) is 8.42 Å². The first-order valence-corrected chi connectivity index (χ1v) is 14.6. The zero-order valence-electron chi connectivity index (χ0n) is 22.7. The molecule has 0 saturated carbocycles. The highest BCUT2D eigenvalue weighted by atomic mass is 79.9. The van der Waals surface area contributed by atoms with Gasteiger partial charge in [0.15, 0.2) is 0 Å². The van der Waals surface area contributed by atoms with Crippen molar-refractivity contribution in [3.63, 3.8) is 0 Å². The smallest absolute Gasteiger partial charge is 0.264 e. The number of anilines is 1. The van der Waals surface area contributed by atoms with Crippen LogP contribution >= 0.6 is 15.9 Å². The van der Waals surface area contributed by atoms with Crippen LogP contribution in [0, 0.1) is 0 Å². The number of hydrogen-bond donors (Lipinski definition) is 1. The zero-order chi connectivity index (χ0) is 28.8. The van der Waals surface area contributed by atoms with E-state index in [1.54, 1.807) is 49.4 Å². The lowest BCUT2D eigenvalue weighted by Crippen LogP contribution is -2.54. The number of sulfonamides is 1. The summed E-state index contributed by atoms with van der Waals surface area (Å²) in [5, 5.41) is 2.92. The number of amides is 2. The first-order valence-electron chi connectivity index (χ1n) is 12.4. The van der Waals surface area contributed by atoms with E-state index in [-0.39, 0.29) is 23.0 Å². The number of hydrogen-bond acceptors (Lipinski definition) is 5. The first-order chi connectivity index (χ1) is 18.3. The molecule has 0 saturated heterocycles. The van der Waals surface area contributed by atoms with Gasteiger partial charge in [0.25, 0.3) is 10.0 Å². The molecule has 0 aromatic heterocycles. The minimum Gasteiger partial charge on any atom is -0.497 e. The van der Waals surface area contributed by atoms with Gasteiger partial charge in [0, 0.05) is 22.6 Å². The topological polar surface area (TPSA) is 96.0 Å². The molecule has 1 atom stereocenters. The third kappa shape index (κ3) is 8.06. The van der Waals surface area contributed by atoms with Gasteiger partial charge in [-0.05, 0) is 69.7 Å². The molecule has 3 aromatic carbocycles. The van der Waals surface area contributed by atoms with Gasteiger partial charge in [0.1, 0.15) is 18.3 Å². The molecule has 39 heavy (non-hydrogen) atoms. The van der Waals surface area contributed by atoms with Crippen molar-refractivity contribution in [1.29, 1.82) is 0 Å². The molecule has 0 aliphatic carbocycles. The van der Waals surface area contributed by atoms with Crippen LogP contribution in [0.2, 0.25) is 0 Å². The molecule has 8 nitrogen and oxygen atoms in total. The number of halogens is 1. The maximum atomic E-state index is 14.0. The Balaban J connectivity index is 2.05. The number of benzene rings is 3. The molecule has 0 fully saturated rings. The standard InChI is InChI=1S/C29H34BrN3O5S/c1-21(28(35)31-29(2,3)4)32(19-22-11-9-12-23(30)17-22)27(34)20-33(24-13-10-14-25(18-24)38-5)39(36,37)26-15-7-6-8-16-26/h6-18,21H,19-20H2,1-5H3,(H,31,35). The Hall–Kier alpha value is -3.37. The molecular formula is C29H34BrN3O5S. The monoisotopic (exact) mass is 615 g/mol. The van der Waals surface area contributed by atoms with Gasteiger partial charge >= 0.3 is 0 Å². The van der Waals surface area contributed by atoms with Crippen LogP contribution in [0.5, 0.6) is 5.75 Å². The summed E-state index contributed by atoms with van der Waals surface area (Å²) in [6.07, 6.45) is 0. The molecule has 0 spiro atoms. The predicted octanol–water partition coefficient (Wildman–Crippen LogP) is 4.99. The average Bonchev–Trinajstić information content (AvgIpc) is 2.89. The summed E-state index contributed by atoms with van der Waals surface area (Å²) in [6, 6.07) is 21.0. The van der Waals surface area contributed by atoms with Gasteiger partial charge in [-0.15, -0.1) is 0 Å². The van der Waals surface area contributed by atoms with Crippen molar-refractivity contribution in [3.8, 4) is 5.75 Å². The van der Waals surface area contributed by atoms with E-state index in [0.717, 1.165) is 14.3 Å². The molecule has 3 rings (SSSR count). The van der Waals surface area contributed by atoms with Crippen LogP contribution in [-0.4, -0.2) is 50.4 Å². The average molecular weight is 617 g/mol. The van der Waals surface area contributed by atoms with Crippen LogP contribution in [0.25, 0.3) is 0 Å². The Morgan fingerprint density at radius 1 is 0.974 bits per heavy atom. The fourth-order valence-corrected chi connectivity index (χ4v) is 5.78. The second-order valence-electron chi connectivity index (χ2n) is 10.1. The van der Waals surface area contributed by atoms with Gasteiger partial charge in [-0.2, -0.15) is 0 Å². The van der Waals surface area contributed by atoms with Crippen molar-refractivity contribution in [2.24, 2.45) is 0 Å². The van der Waals surface area contributed by atoms with E-state index in [9.17, 15) is 18.0 Å². The van der Waals surface area contributed by atoms with Gasteiger partial charge < -0.3 is 15.0 Å². The second-order valence-corrected chi connectivity index (χ2v) is 12.9. The van der Waals surface area contributed by atoms with Gasteiger partial charge in [0.05, 0.1) is 17.7 Å². The van der Waals surface area contributed by atoms with E-state index in [1.165, 1.54) is 24.1 Å². The lowest BCUT2D eigenvalue weighted by atomic mass is 10.1. The Kier molecular flexibility index (Phi) is 9.79. The first kappa shape index (κ1) is 30.2. The van der Waals surface area contributed by atoms with Gasteiger partial charge in [-0.1, -0.05) is 52.3 Å². The quantitative estimate of drug-likeness (QED) is 0.347. The van der Waals surface area contributed by atoms with E-state index in [1.807, 2.05) is 45.0 Å². The lowest BCUT2D eigenvalue weighted by molar-refractivity contribution is -0.140. The second kappa shape index (κ2) is 12.7. The maximum absolute atomic E-state index is 14.0. The van der Waals surface area contributed by atoms with Gasteiger partial charge in [-0.3, -0.25) is 13.9 Å². The van der Waals surface area contributed by atoms with Crippen molar-refractivity contribution >= 4 is 43.5 Å². The van der Waals surface area contributed by atoms with Crippen LogP contribution in [0.4, 0.5) is 5.69 Å². The number of ether oxygens (including phenoxy) is 1. The number of rotatable bonds is 10. The van der Waals surface area contributed by atoms with Gasteiger partial charge in [0.2, 0.25) is 11.8 Å². The van der Waals surface area contributed by atoms with Crippen molar-refractivity contribution in [2.45, 2.75) is 50.7 Å². The molecule has 208 valence electrons. The summed E-state index contributed by atoms with van der Waals surface area (Å²) in [7, 11) is -2.66. The minimum absolute atomic E-state index is 0.0395. The summed E-state index contributed by atoms with van der Waals surface area (Å²) in [5.74, 6) is -0.435. The summed E-state index contributed by atoms with van der Waals surface area (Å²) < 4.78 is 34.8. The molecular weight excluding hydrogens is 582 g/mol. The molecule has 10 heteroatoms. The van der Waals surface area contributed by atoms with Crippen LogP contribution < -0.4 is 14.4 Å². The number of nitrogens with one attached hydrogen (secondary N) is 1. The Morgan fingerprint density at radius 3 is 2.26 bits per heavy atom. The van der Waals surface area contributed by atoms with Crippen LogP contribution in [0.15, 0.2) is 88.2 Å². The van der Waals surface area contributed by atoms with Crippen molar-refractivity contribution in [2.75, 3.05) is 18.0 Å². The van der Waals surface area contributed by atoms with E-state index in [4.69, 9.17) is 4.74 Å². The van der Waals surface area contributed by atoms with Crippen molar-refractivity contribution in [3.05, 3.63) is 88.9 Å². The highest BCUT2D eigenvalue weighted by Crippen LogP contribution is 2.27. The number of methoxy groups -OCH3 is 1. The number of nitrogens with zero attached hydrogens (tertiary/aromatic N) is 2. The summed E-state index contributed by atoms with van der Waals surface area (Å²) in [4.78, 5) is 28.6. The van der Waals surface area contributed by atoms with E-state index >= 15 is 0 Å².